The quantitative estimate of drug-likeness (QED) is 0.727. The molecule has 1 fully saturated rings. The molecule has 2 unspecified atom stereocenters. The molecule has 3 nitrogen and oxygen atoms in total. The van der Waals surface area contributed by atoms with Crippen LogP contribution in [-0.2, 0) is 4.79 Å². The standard InChI is InChI=1S/C11H22N2OS/c1-2-3-5-9(8-12)13-11(14)10-6-4-7-15-10/h9-10H,2-8,12H2,1H3,(H,13,14). The van der Waals surface area contributed by atoms with E-state index in [0.29, 0.717) is 6.54 Å². The van der Waals surface area contributed by atoms with Crippen molar-refractivity contribution in [3.05, 3.63) is 0 Å². The minimum absolute atomic E-state index is 0.179. The predicted molar refractivity (Wildman–Crippen MR) is 66.0 cm³/mol. The van der Waals surface area contributed by atoms with Crippen LogP contribution >= 0.6 is 11.8 Å². The molecule has 2 atom stereocenters. The van der Waals surface area contributed by atoms with Crippen LogP contribution in [0.3, 0.4) is 0 Å². The maximum Gasteiger partial charge on any atom is 0.233 e. The molecule has 0 aromatic carbocycles. The first-order chi connectivity index (χ1) is 7.27. The molecule has 0 radical (unpaired) electrons. The summed E-state index contributed by atoms with van der Waals surface area (Å²) in [7, 11) is 0. The Balaban J connectivity index is 2.26. The van der Waals surface area contributed by atoms with Crippen molar-refractivity contribution >= 4 is 17.7 Å². The van der Waals surface area contributed by atoms with Gasteiger partial charge in [-0.25, -0.2) is 0 Å². The molecule has 0 bridgehead atoms. The third kappa shape index (κ3) is 4.43. The van der Waals surface area contributed by atoms with E-state index in [1.807, 2.05) is 0 Å². The molecule has 0 spiro atoms. The topological polar surface area (TPSA) is 55.1 Å². The number of rotatable bonds is 6. The van der Waals surface area contributed by atoms with Gasteiger partial charge in [0.25, 0.3) is 0 Å². The van der Waals surface area contributed by atoms with Crippen molar-refractivity contribution in [3.63, 3.8) is 0 Å². The first-order valence-corrected chi connectivity index (χ1v) is 6.94. The molecule has 1 aliphatic rings. The van der Waals surface area contributed by atoms with Gasteiger partial charge in [-0.3, -0.25) is 4.79 Å². The zero-order chi connectivity index (χ0) is 11.1. The van der Waals surface area contributed by atoms with Crippen LogP contribution in [0.25, 0.3) is 0 Å². The van der Waals surface area contributed by atoms with E-state index in [4.69, 9.17) is 5.73 Å². The summed E-state index contributed by atoms with van der Waals surface area (Å²) >= 11 is 1.77. The second-order valence-corrected chi connectivity index (χ2v) is 5.40. The molecule has 0 aromatic rings. The van der Waals surface area contributed by atoms with Crippen molar-refractivity contribution in [3.8, 4) is 0 Å². The van der Waals surface area contributed by atoms with E-state index in [-0.39, 0.29) is 17.2 Å². The number of hydrogen-bond donors (Lipinski definition) is 2. The number of nitrogens with two attached hydrogens (primary N) is 1. The van der Waals surface area contributed by atoms with Gasteiger partial charge in [0, 0.05) is 12.6 Å². The fraction of sp³-hybridized carbons (Fsp3) is 0.909. The molecule has 0 saturated carbocycles. The largest absolute Gasteiger partial charge is 0.351 e. The van der Waals surface area contributed by atoms with Gasteiger partial charge in [-0.15, -0.1) is 11.8 Å². The lowest BCUT2D eigenvalue weighted by atomic mass is 10.1. The SMILES string of the molecule is CCCCC(CN)NC(=O)C1CCCS1. The molecule has 15 heavy (non-hydrogen) atoms. The molecule has 0 aromatic heterocycles. The van der Waals surface area contributed by atoms with Crippen LogP contribution in [0, 0.1) is 0 Å². The monoisotopic (exact) mass is 230 g/mol. The van der Waals surface area contributed by atoms with Crippen molar-refractivity contribution in [2.75, 3.05) is 12.3 Å². The summed E-state index contributed by atoms with van der Waals surface area (Å²) in [4.78, 5) is 11.8. The molecule has 1 heterocycles. The number of nitrogens with one attached hydrogen (secondary N) is 1. The number of carbonyl (C=O) groups excluding carboxylic acids is 1. The summed E-state index contributed by atoms with van der Waals surface area (Å²) in [6.45, 7) is 2.71. The summed E-state index contributed by atoms with van der Waals surface area (Å²) in [5.41, 5.74) is 5.64. The predicted octanol–water partition coefficient (Wildman–Crippen LogP) is 1.52. The average Bonchev–Trinajstić information content (AvgIpc) is 2.77. The van der Waals surface area contributed by atoms with Gasteiger partial charge in [0.1, 0.15) is 0 Å². The second kappa shape index (κ2) is 7.12. The molecule has 0 aliphatic carbocycles. The van der Waals surface area contributed by atoms with E-state index in [1.165, 1.54) is 6.42 Å². The smallest absolute Gasteiger partial charge is 0.233 e. The van der Waals surface area contributed by atoms with Gasteiger partial charge in [-0.1, -0.05) is 19.8 Å². The van der Waals surface area contributed by atoms with Crippen LogP contribution in [0.4, 0.5) is 0 Å². The third-order valence-electron chi connectivity index (χ3n) is 2.76. The van der Waals surface area contributed by atoms with Crippen LogP contribution in [0.1, 0.15) is 39.0 Å². The molecule has 1 rings (SSSR count). The van der Waals surface area contributed by atoms with Gasteiger partial charge < -0.3 is 11.1 Å². The lowest BCUT2D eigenvalue weighted by Crippen LogP contribution is -2.43. The first kappa shape index (κ1) is 12.8. The Kier molecular flexibility index (Phi) is 6.10. The summed E-state index contributed by atoms with van der Waals surface area (Å²) in [6.07, 6.45) is 5.51. The van der Waals surface area contributed by atoms with Crippen LogP contribution in [0.15, 0.2) is 0 Å². The average molecular weight is 230 g/mol. The molecule has 1 amide bonds. The highest BCUT2D eigenvalue weighted by Crippen LogP contribution is 2.26. The first-order valence-electron chi connectivity index (χ1n) is 5.90. The summed E-state index contributed by atoms with van der Waals surface area (Å²) in [5.74, 6) is 1.32. The van der Waals surface area contributed by atoms with Gasteiger partial charge in [-0.05, 0) is 25.0 Å². The minimum atomic E-state index is 0.179. The van der Waals surface area contributed by atoms with Crippen LogP contribution in [0.2, 0.25) is 0 Å². The molecular formula is C11H22N2OS. The fourth-order valence-corrected chi connectivity index (χ4v) is 2.95. The Morgan fingerprint density at radius 2 is 2.47 bits per heavy atom. The third-order valence-corrected chi connectivity index (χ3v) is 4.14. The van der Waals surface area contributed by atoms with E-state index in [2.05, 4.69) is 12.2 Å². The molecule has 3 N–H and O–H groups in total. The number of amides is 1. The Hall–Kier alpha value is -0.220. The molecule has 4 heteroatoms. The Morgan fingerprint density at radius 1 is 1.67 bits per heavy atom. The summed E-state index contributed by atoms with van der Waals surface area (Å²) in [5, 5.41) is 3.24. The van der Waals surface area contributed by atoms with Crippen molar-refractivity contribution in [2.24, 2.45) is 5.73 Å². The highest BCUT2D eigenvalue weighted by molar-refractivity contribution is 8.00. The Bertz CT molecular complexity index is 193. The van der Waals surface area contributed by atoms with E-state index in [0.717, 1.165) is 31.4 Å². The lowest BCUT2D eigenvalue weighted by molar-refractivity contribution is -0.121. The number of carbonyl (C=O) groups is 1. The van der Waals surface area contributed by atoms with Crippen LogP contribution in [-0.4, -0.2) is 29.5 Å². The summed E-state index contributed by atoms with van der Waals surface area (Å²) < 4.78 is 0. The highest BCUT2D eigenvalue weighted by Gasteiger charge is 2.24. The maximum absolute atomic E-state index is 11.8. The van der Waals surface area contributed by atoms with Gasteiger partial charge >= 0.3 is 0 Å². The normalized spacial score (nSPS) is 22.7. The molecule has 1 saturated heterocycles. The van der Waals surface area contributed by atoms with Crippen molar-refractivity contribution in [1.29, 1.82) is 0 Å². The minimum Gasteiger partial charge on any atom is -0.351 e. The van der Waals surface area contributed by atoms with Gasteiger partial charge in [0.15, 0.2) is 0 Å². The zero-order valence-electron chi connectivity index (χ0n) is 9.50. The van der Waals surface area contributed by atoms with E-state index in [9.17, 15) is 4.79 Å². The van der Waals surface area contributed by atoms with Crippen molar-refractivity contribution < 1.29 is 4.79 Å². The zero-order valence-corrected chi connectivity index (χ0v) is 10.3. The molecular weight excluding hydrogens is 208 g/mol. The Morgan fingerprint density at radius 3 is 3.00 bits per heavy atom. The van der Waals surface area contributed by atoms with Gasteiger partial charge in [-0.2, -0.15) is 0 Å². The van der Waals surface area contributed by atoms with Gasteiger partial charge in [0.2, 0.25) is 5.91 Å². The lowest BCUT2D eigenvalue weighted by Gasteiger charge is -2.18. The number of thioether (sulfide) groups is 1. The number of hydrogen-bond acceptors (Lipinski definition) is 3. The van der Waals surface area contributed by atoms with Crippen molar-refractivity contribution in [1.82, 2.24) is 5.32 Å². The maximum atomic E-state index is 11.8. The number of unbranched alkanes of at least 4 members (excludes halogenated alkanes) is 1. The Labute approximate surface area is 96.6 Å². The fourth-order valence-electron chi connectivity index (χ4n) is 1.78. The van der Waals surface area contributed by atoms with Gasteiger partial charge in [0.05, 0.1) is 5.25 Å². The molecule has 88 valence electrons. The van der Waals surface area contributed by atoms with E-state index in [1.54, 1.807) is 11.8 Å². The summed E-state index contributed by atoms with van der Waals surface area (Å²) in [6, 6.07) is 0.179. The second-order valence-electron chi connectivity index (χ2n) is 4.09. The molecule has 1 aliphatic heterocycles. The van der Waals surface area contributed by atoms with Crippen molar-refractivity contribution in [2.45, 2.75) is 50.3 Å². The van der Waals surface area contributed by atoms with E-state index < -0.39 is 0 Å². The van der Waals surface area contributed by atoms with Crippen LogP contribution < -0.4 is 11.1 Å². The van der Waals surface area contributed by atoms with E-state index >= 15 is 0 Å². The van der Waals surface area contributed by atoms with Crippen LogP contribution in [0.5, 0.6) is 0 Å². The highest BCUT2D eigenvalue weighted by atomic mass is 32.2.